The second kappa shape index (κ2) is 6.02. The van der Waals surface area contributed by atoms with Gasteiger partial charge < -0.3 is 9.47 Å². The highest BCUT2D eigenvalue weighted by molar-refractivity contribution is 6.30. The Morgan fingerprint density at radius 1 is 1.25 bits per heavy atom. The van der Waals surface area contributed by atoms with E-state index < -0.39 is 0 Å². The Labute approximate surface area is 123 Å². The van der Waals surface area contributed by atoms with Crippen molar-refractivity contribution < 1.29 is 14.3 Å². The topological polar surface area (TPSA) is 38.8 Å². The molecule has 0 N–H and O–H groups in total. The maximum Gasteiger partial charge on any atom is 0.344 e. The number of benzene rings is 1. The first-order valence-corrected chi connectivity index (χ1v) is 7.39. The van der Waals surface area contributed by atoms with Gasteiger partial charge in [0.15, 0.2) is 6.61 Å². The van der Waals surface area contributed by atoms with E-state index in [9.17, 15) is 4.79 Å². The van der Waals surface area contributed by atoms with Gasteiger partial charge in [-0.2, -0.15) is 0 Å². The Bertz CT molecular complexity index is 469. The highest BCUT2D eigenvalue weighted by Gasteiger charge is 2.36. The van der Waals surface area contributed by atoms with Crippen LogP contribution in [0.4, 0.5) is 0 Å². The zero-order chi connectivity index (χ0) is 13.9. The van der Waals surface area contributed by atoms with Crippen LogP contribution in [0.15, 0.2) is 24.3 Å². The van der Waals surface area contributed by atoms with E-state index in [1.54, 1.807) is 24.3 Å². The SMILES string of the molecule is O=C(COc1ccc(Cl)cc1)O[C@@H]1CN2CCC1CC2. The lowest BCUT2D eigenvalue weighted by atomic mass is 9.86. The molecule has 0 radical (unpaired) electrons. The number of ether oxygens (including phenoxy) is 2. The molecule has 3 aliphatic rings. The molecular weight excluding hydrogens is 278 g/mol. The van der Waals surface area contributed by atoms with Crippen molar-refractivity contribution in [3.05, 3.63) is 29.3 Å². The molecule has 3 aliphatic heterocycles. The molecular formula is C15H18ClNO3. The number of carbonyl (C=O) groups excluding carboxylic acids is 1. The number of fused-ring (bicyclic) bond motifs is 3. The number of carbonyl (C=O) groups is 1. The fourth-order valence-corrected chi connectivity index (χ4v) is 3.05. The molecule has 3 heterocycles. The third-order valence-corrected chi connectivity index (χ3v) is 4.30. The molecule has 0 unspecified atom stereocenters. The van der Waals surface area contributed by atoms with Crippen LogP contribution in [-0.2, 0) is 9.53 Å². The lowest BCUT2D eigenvalue weighted by Crippen LogP contribution is -2.52. The van der Waals surface area contributed by atoms with Crippen molar-refractivity contribution in [1.82, 2.24) is 4.90 Å². The average Bonchev–Trinajstić information content (AvgIpc) is 2.48. The van der Waals surface area contributed by atoms with Crippen LogP contribution < -0.4 is 4.74 Å². The quantitative estimate of drug-likeness (QED) is 0.799. The molecule has 4 rings (SSSR count). The van der Waals surface area contributed by atoms with E-state index in [1.807, 2.05) is 0 Å². The Morgan fingerprint density at radius 2 is 1.95 bits per heavy atom. The predicted molar refractivity (Wildman–Crippen MR) is 76.0 cm³/mol. The van der Waals surface area contributed by atoms with Crippen molar-refractivity contribution >= 4 is 17.6 Å². The molecule has 0 amide bonds. The number of esters is 1. The molecule has 20 heavy (non-hydrogen) atoms. The van der Waals surface area contributed by atoms with Crippen LogP contribution in [-0.4, -0.2) is 43.2 Å². The molecule has 4 nitrogen and oxygen atoms in total. The van der Waals surface area contributed by atoms with Crippen LogP contribution in [0.5, 0.6) is 5.75 Å². The molecule has 1 aromatic rings. The second-order valence-corrected chi connectivity index (χ2v) is 5.85. The number of nitrogens with zero attached hydrogens (tertiary/aromatic N) is 1. The highest BCUT2D eigenvalue weighted by atomic mass is 35.5. The van der Waals surface area contributed by atoms with Crippen molar-refractivity contribution in [3.63, 3.8) is 0 Å². The molecule has 0 aliphatic carbocycles. The summed E-state index contributed by atoms with van der Waals surface area (Å²) in [4.78, 5) is 14.2. The van der Waals surface area contributed by atoms with Crippen LogP contribution in [0.3, 0.4) is 0 Å². The van der Waals surface area contributed by atoms with Gasteiger partial charge in [0.1, 0.15) is 11.9 Å². The van der Waals surface area contributed by atoms with Gasteiger partial charge in [-0.3, -0.25) is 4.90 Å². The van der Waals surface area contributed by atoms with E-state index in [0.717, 1.165) is 32.5 Å². The van der Waals surface area contributed by atoms with Gasteiger partial charge in [0, 0.05) is 11.6 Å². The standard InChI is InChI=1S/C15H18ClNO3/c16-12-1-3-13(4-2-12)19-10-15(18)20-14-9-17-7-5-11(14)6-8-17/h1-4,11,14H,5-10H2/t14-/m1/s1. The van der Waals surface area contributed by atoms with Gasteiger partial charge >= 0.3 is 5.97 Å². The van der Waals surface area contributed by atoms with Gasteiger partial charge in [-0.25, -0.2) is 4.79 Å². The zero-order valence-electron chi connectivity index (χ0n) is 11.3. The van der Waals surface area contributed by atoms with Crippen LogP contribution in [0, 0.1) is 5.92 Å². The summed E-state index contributed by atoms with van der Waals surface area (Å²) in [6, 6.07) is 6.94. The lowest BCUT2D eigenvalue weighted by Gasteiger charge is -2.43. The normalized spacial score (nSPS) is 28.1. The summed E-state index contributed by atoms with van der Waals surface area (Å²) in [5.41, 5.74) is 0. The summed E-state index contributed by atoms with van der Waals surface area (Å²) in [6.07, 6.45) is 2.31. The molecule has 2 bridgehead atoms. The average molecular weight is 296 g/mol. The smallest absolute Gasteiger partial charge is 0.344 e. The fourth-order valence-electron chi connectivity index (χ4n) is 2.92. The van der Waals surface area contributed by atoms with E-state index >= 15 is 0 Å². The van der Waals surface area contributed by atoms with Crippen LogP contribution in [0.1, 0.15) is 12.8 Å². The van der Waals surface area contributed by atoms with Gasteiger partial charge in [-0.15, -0.1) is 0 Å². The molecule has 5 heteroatoms. The number of rotatable bonds is 4. The summed E-state index contributed by atoms with van der Waals surface area (Å²) in [5.74, 6) is 0.860. The summed E-state index contributed by atoms with van der Waals surface area (Å²) >= 11 is 5.79. The minimum Gasteiger partial charge on any atom is -0.482 e. The van der Waals surface area contributed by atoms with Crippen molar-refractivity contribution in [1.29, 1.82) is 0 Å². The van der Waals surface area contributed by atoms with Crippen LogP contribution >= 0.6 is 11.6 Å². The Balaban J connectivity index is 1.46. The third kappa shape index (κ3) is 3.25. The largest absolute Gasteiger partial charge is 0.482 e. The van der Waals surface area contributed by atoms with Crippen LogP contribution in [0.25, 0.3) is 0 Å². The molecule has 108 valence electrons. The summed E-state index contributed by atoms with van der Waals surface area (Å²) < 4.78 is 10.9. The number of hydrogen-bond donors (Lipinski definition) is 0. The molecule has 0 spiro atoms. The first-order valence-electron chi connectivity index (χ1n) is 7.01. The van der Waals surface area contributed by atoms with Gasteiger partial charge in [0.25, 0.3) is 0 Å². The van der Waals surface area contributed by atoms with Gasteiger partial charge in [0.2, 0.25) is 0 Å². The monoisotopic (exact) mass is 295 g/mol. The summed E-state index contributed by atoms with van der Waals surface area (Å²) in [5, 5.41) is 0.646. The number of halogens is 1. The molecule has 1 atom stereocenters. The van der Waals surface area contributed by atoms with Crippen molar-refractivity contribution in [2.75, 3.05) is 26.2 Å². The van der Waals surface area contributed by atoms with Crippen LogP contribution in [0.2, 0.25) is 5.02 Å². The predicted octanol–water partition coefficient (Wildman–Crippen LogP) is 2.36. The highest BCUT2D eigenvalue weighted by Crippen LogP contribution is 2.29. The maximum atomic E-state index is 11.8. The van der Waals surface area contributed by atoms with E-state index in [2.05, 4.69) is 4.90 Å². The molecule has 3 saturated heterocycles. The first kappa shape index (κ1) is 13.7. The molecule has 1 aromatic carbocycles. The van der Waals surface area contributed by atoms with E-state index in [1.165, 1.54) is 0 Å². The molecule has 0 aromatic heterocycles. The molecule has 3 fully saturated rings. The van der Waals surface area contributed by atoms with Gasteiger partial charge in [-0.1, -0.05) is 11.6 Å². The number of piperidine rings is 3. The Kier molecular flexibility index (Phi) is 4.13. The minimum atomic E-state index is -0.293. The van der Waals surface area contributed by atoms with Crippen molar-refractivity contribution in [3.8, 4) is 5.75 Å². The van der Waals surface area contributed by atoms with Crippen molar-refractivity contribution in [2.24, 2.45) is 5.92 Å². The van der Waals surface area contributed by atoms with E-state index in [4.69, 9.17) is 21.1 Å². The summed E-state index contributed by atoms with van der Waals surface area (Å²) in [6.45, 7) is 3.10. The van der Waals surface area contributed by atoms with E-state index in [0.29, 0.717) is 16.7 Å². The summed E-state index contributed by atoms with van der Waals surface area (Å²) in [7, 11) is 0. The Hall–Kier alpha value is -1.26. The maximum absolute atomic E-state index is 11.8. The fraction of sp³-hybridized carbons (Fsp3) is 0.533. The number of hydrogen-bond acceptors (Lipinski definition) is 4. The van der Waals surface area contributed by atoms with Gasteiger partial charge in [0.05, 0.1) is 0 Å². The molecule has 0 saturated carbocycles. The zero-order valence-corrected chi connectivity index (χ0v) is 12.0. The minimum absolute atomic E-state index is 0.0406. The van der Waals surface area contributed by atoms with Gasteiger partial charge in [-0.05, 0) is 56.1 Å². The third-order valence-electron chi connectivity index (χ3n) is 4.05. The Morgan fingerprint density at radius 3 is 2.55 bits per heavy atom. The second-order valence-electron chi connectivity index (χ2n) is 5.41. The first-order chi connectivity index (χ1) is 9.70. The lowest BCUT2D eigenvalue weighted by molar-refractivity contribution is -0.161. The van der Waals surface area contributed by atoms with Crippen molar-refractivity contribution in [2.45, 2.75) is 18.9 Å². The van der Waals surface area contributed by atoms with E-state index in [-0.39, 0.29) is 18.7 Å².